The standard InChI is InChI=1S/C18H19BrN2O3/c1-12(2)13-7-9-14(10-8-13)24-11-17(22)20-21-18(23)15-5-3-4-6-16(15)19/h3-10,12H,11H2,1-2H3,(H,20,22)(H,21,23). The van der Waals surface area contributed by atoms with Gasteiger partial charge in [0.1, 0.15) is 5.75 Å². The third-order valence-electron chi connectivity index (χ3n) is 3.35. The predicted molar refractivity (Wildman–Crippen MR) is 95.8 cm³/mol. The molecule has 0 bridgehead atoms. The summed E-state index contributed by atoms with van der Waals surface area (Å²) in [6.07, 6.45) is 0. The van der Waals surface area contributed by atoms with Crippen LogP contribution in [0.3, 0.4) is 0 Å². The molecule has 0 heterocycles. The van der Waals surface area contributed by atoms with Crippen molar-refractivity contribution in [3.8, 4) is 5.75 Å². The van der Waals surface area contributed by atoms with Gasteiger partial charge in [0, 0.05) is 4.47 Å². The molecule has 24 heavy (non-hydrogen) atoms. The lowest BCUT2D eigenvalue weighted by atomic mass is 10.0. The summed E-state index contributed by atoms with van der Waals surface area (Å²) in [5, 5.41) is 0. The molecule has 0 radical (unpaired) electrons. The summed E-state index contributed by atoms with van der Waals surface area (Å²) < 4.78 is 6.04. The fraction of sp³-hybridized carbons (Fsp3) is 0.222. The van der Waals surface area contributed by atoms with Crippen molar-refractivity contribution in [2.24, 2.45) is 0 Å². The topological polar surface area (TPSA) is 67.4 Å². The van der Waals surface area contributed by atoms with Crippen molar-refractivity contribution >= 4 is 27.7 Å². The smallest absolute Gasteiger partial charge is 0.276 e. The third kappa shape index (κ3) is 5.09. The minimum atomic E-state index is -0.441. The molecule has 0 aliphatic heterocycles. The number of nitrogens with one attached hydrogen (secondary N) is 2. The van der Waals surface area contributed by atoms with Crippen LogP contribution < -0.4 is 15.6 Å². The summed E-state index contributed by atoms with van der Waals surface area (Å²) in [7, 11) is 0. The van der Waals surface area contributed by atoms with Gasteiger partial charge >= 0.3 is 0 Å². The Balaban J connectivity index is 1.79. The largest absolute Gasteiger partial charge is 0.484 e. The van der Waals surface area contributed by atoms with Gasteiger partial charge in [-0.3, -0.25) is 20.4 Å². The Morgan fingerprint density at radius 1 is 1.04 bits per heavy atom. The number of rotatable bonds is 5. The van der Waals surface area contributed by atoms with Gasteiger partial charge in [-0.25, -0.2) is 0 Å². The van der Waals surface area contributed by atoms with Gasteiger partial charge in [0.15, 0.2) is 6.61 Å². The lowest BCUT2D eigenvalue weighted by Crippen LogP contribution is -2.43. The van der Waals surface area contributed by atoms with E-state index in [1.54, 1.807) is 24.3 Å². The normalized spacial score (nSPS) is 10.3. The van der Waals surface area contributed by atoms with Gasteiger partial charge in [-0.15, -0.1) is 0 Å². The van der Waals surface area contributed by atoms with Crippen molar-refractivity contribution in [3.05, 3.63) is 64.1 Å². The molecule has 0 spiro atoms. The van der Waals surface area contributed by atoms with Crippen LogP contribution >= 0.6 is 15.9 Å². The van der Waals surface area contributed by atoms with Crippen LogP contribution in [0.5, 0.6) is 5.75 Å². The van der Waals surface area contributed by atoms with Crippen LogP contribution in [0.15, 0.2) is 53.0 Å². The minimum Gasteiger partial charge on any atom is -0.484 e. The molecule has 5 nitrogen and oxygen atoms in total. The molecular formula is C18H19BrN2O3. The Kier molecular flexibility index (Phi) is 6.37. The molecule has 0 saturated carbocycles. The van der Waals surface area contributed by atoms with E-state index >= 15 is 0 Å². The van der Waals surface area contributed by atoms with Crippen molar-refractivity contribution < 1.29 is 14.3 Å². The molecule has 2 aromatic carbocycles. The third-order valence-corrected chi connectivity index (χ3v) is 4.04. The lowest BCUT2D eigenvalue weighted by molar-refractivity contribution is -0.123. The first-order valence-corrected chi connectivity index (χ1v) is 8.33. The maximum atomic E-state index is 11.9. The van der Waals surface area contributed by atoms with Crippen LogP contribution in [0.2, 0.25) is 0 Å². The van der Waals surface area contributed by atoms with E-state index in [0.717, 1.165) is 0 Å². The van der Waals surface area contributed by atoms with E-state index in [0.29, 0.717) is 21.7 Å². The summed E-state index contributed by atoms with van der Waals surface area (Å²) in [5.74, 6) is 0.196. The molecule has 6 heteroatoms. The quantitative estimate of drug-likeness (QED) is 0.768. The van der Waals surface area contributed by atoms with Crippen molar-refractivity contribution in [3.63, 3.8) is 0 Å². The zero-order chi connectivity index (χ0) is 17.5. The zero-order valence-corrected chi connectivity index (χ0v) is 15.1. The molecule has 0 aliphatic carbocycles. The molecule has 0 aliphatic rings. The van der Waals surface area contributed by atoms with Crippen LogP contribution in [0.1, 0.15) is 35.7 Å². The Labute approximate surface area is 149 Å². The van der Waals surface area contributed by atoms with E-state index in [1.807, 2.05) is 24.3 Å². The molecule has 0 aromatic heterocycles. The second kappa shape index (κ2) is 8.49. The number of hydrogen-bond donors (Lipinski definition) is 2. The zero-order valence-electron chi connectivity index (χ0n) is 13.5. The highest BCUT2D eigenvalue weighted by Crippen LogP contribution is 2.18. The molecule has 0 unspecified atom stereocenters. The minimum absolute atomic E-state index is 0.183. The van der Waals surface area contributed by atoms with Gasteiger partial charge in [0.25, 0.3) is 11.8 Å². The number of benzene rings is 2. The first-order valence-electron chi connectivity index (χ1n) is 7.54. The Morgan fingerprint density at radius 2 is 1.71 bits per heavy atom. The number of hydrogen-bond acceptors (Lipinski definition) is 3. The van der Waals surface area contributed by atoms with Gasteiger partial charge in [-0.2, -0.15) is 0 Å². The molecule has 2 N–H and O–H groups in total. The van der Waals surface area contributed by atoms with E-state index in [-0.39, 0.29) is 6.61 Å². The second-order valence-electron chi connectivity index (χ2n) is 5.49. The molecule has 126 valence electrons. The number of halogens is 1. The Bertz CT molecular complexity index is 714. The van der Waals surface area contributed by atoms with Crippen molar-refractivity contribution in [1.82, 2.24) is 10.9 Å². The predicted octanol–water partition coefficient (Wildman–Crippen LogP) is 3.41. The summed E-state index contributed by atoms with van der Waals surface area (Å²) in [6.45, 7) is 4.03. The van der Waals surface area contributed by atoms with Gasteiger partial charge < -0.3 is 4.74 Å². The number of ether oxygens (including phenoxy) is 1. The van der Waals surface area contributed by atoms with Gasteiger partial charge in [-0.1, -0.05) is 38.1 Å². The van der Waals surface area contributed by atoms with E-state index in [9.17, 15) is 9.59 Å². The summed E-state index contributed by atoms with van der Waals surface area (Å²) in [5.41, 5.74) is 6.31. The van der Waals surface area contributed by atoms with Crippen LogP contribution in [0.4, 0.5) is 0 Å². The van der Waals surface area contributed by atoms with Crippen molar-refractivity contribution in [1.29, 1.82) is 0 Å². The van der Waals surface area contributed by atoms with Crippen molar-refractivity contribution in [2.45, 2.75) is 19.8 Å². The highest BCUT2D eigenvalue weighted by Gasteiger charge is 2.10. The first kappa shape index (κ1) is 18.0. The van der Waals surface area contributed by atoms with Crippen molar-refractivity contribution in [2.75, 3.05) is 6.61 Å². The highest BCUT2D eigenvalue weighted by atomic mass is 79.9. The van der Waals surface area contributed by atoms with E-state index in [2.05, 4.69) is 40.6 Å². The van der Waals surface area contributed by atoms with Crippen LogP contribution in [-0.2, 0) is 4.79 Å². The highest BCUT2D eigenvalue weighted by molar-refractivity contribution is 9.10. The van der Waals surface area contributed by atoms with Crippen LogP contribution in [0.25, 0.3) is 0 Å². The lowest BCUT2D eigenvalue weighted by Gasteiger charge is -2.10. The number of carbonyl (C=O) groups is 2. The second-order valence-corrected chi connectivity index (χ2v) is 6.35. The molecule has 0 fully saturated rings. The molecule has 2 rings (SSSR count). The first-order chi connectivity index (χ1) is 11.5. The summed E-state index contributed by atoms with van der Waals surface area (Å²) in [6, 6.07) is 14.5. The fourth-order valence-electron chi connectivity index (χ4n) is 1.97. The summed E-state index contributed by atoms with van der Waals surface area (Å²) >= 11 is 3.28. The van der Waals surface area contributed by atoms with Crippen LogP contribution in [0, 0.1) is 0 Å². The van der Waals surface area contributed by atoms with Gasteiger partial charge in [0.05, 0.1) is 5.56 Å². The van der Waals surface area contributed by atoms with E-state index < -0.39 is 11.8 Å². The van der Waals surface area contributed by atoms with E-state index in [4.69, 9.17) is 4.74 Å². The van der Waals surface area contributed by atoms with E-state index in [1.165, 1.54) is 5.56 Å². The molecular weight excluding hydrogens is 372 g/mol. The molecule has 0 saturated heterocycles. The SMILES string of the molecule is CC(C)c1ccc(OCC(=O)NNC(=O)c2ccccc2Br)cc1. The number of carbonyl (C=O) groups excluding carboxylic acids is 2. The molecule has 2 aromatic rings. The average molecular weight is 391 g/mol. The summed E-state index contributed by atoms with van der Waals surface area (Å²) in [4.78, 5) is 23.7. The Hall–Kier alpha value is -2.34. The Morgan fingerprint density at radius 3 is 2.33 bits per heavy atom. The maximum absolute atomic E-state index is 11.9. The number of hydrazine groups is 1. The fourth-order valence-corrected chi connectivity index (χ4v) is 2.44. The monoisotopic (exact) mass is 390 g/mol. The number of amides is 2. The van der Waals surface area contributed by atoms with Gasteiger partial charge in [0.2, 0.25) is 0 Å². The maximum Gasteiger partial charge on any atom is 0.276 e. The average Bonchev–Trinajstić information content (AvgIpc) is 2.58. The van der Waals surface area contributed by atoms with Gasteiger partial charge in [-0.05, 0) is 51.7 Å². The molecule has 2 amide bonds. The molecule has 0 atom stereocenters. The van der Waals surface area contributed by atoms with Crippen LogP contribution in [-0.4, -0.2) is 18.4 Å².